The Balaban J connectivity index is 2.25. The monoisotopic (exact) mass is 367 g/mol. The molecule has 0 aromatic carbocycles. The van der Waals surface area contributed by atoms with Crippen molar-refractivity contribution in [2.45, 2.75) is 57.0 Å². The summed E-state index contributed by atoms with van der Waals surface area (Å²) < 4.78 is 0. The Bertz CT molecular complexity index is 554. The van der Waals surface area contributed by atoms with Crippen molar-refractivity contribution in [3.8, 4) is 0 Å². The first kappa shape index (κ1) is 19.1. The molecule has 0 aliphatic carbocycles. The van der Waals surface area contributed by atoms with Crippen LogP contribution in [0.3, 0.4) is 0 Å². The minimum atomic E-state index is -1.40. The van der Waals surface area contributed by atoms with E-state index in [9.17, 15) is 0 Å². The van der Waals surface area contributed by atoms with Gasteiger partial charge in [0.25, 0.3) is 0 Å². The number of hydrogen-bond donors (Lipinski definition) is 3. The van der Waals surface area contributed by atoms with Gasteiger partial charge in [-0.2, -0.15) is 15.0 Å². The summed E-state index contributed by atoms with van der Waals surface area (Å²) in [7, 11) is -0.809. The number of nitrogens with two attached hydrogens (primary N) is 1. The predicted octanol–water partition coefficient (Wildman–Crippen LogP) is 1.79. The highest BCUT2D eigenvalue weighted by molar-refractivity contribution is 6.97. The molecule has 0 unspecified atom stereocenters. The van der Waals surface area contributed by atoms with Crippen LogP contribution in [0.1, 0.15) is 6.42 Å². The highest BCUT2D eigenvalue weighted by Crippen LogP contribution is 2.24. The summed E-state index contributed by atoms with van der Waals surface area (Å²) in [5.41, 5.74) is 5.97. The number of aromatic nitrogens is 3. The number of nitrogens with one attached hydrogen (secondary N) is 2. The molecule has 7 nitrogen and oxygen atoms in total. The second-order valence-electron chi connectivity index (χ2n) is 8.85. The van der Waals surface area contributed by atoms with Crippen LogP contribution in [-0.4, -0.2) is 62.6 Å². The second-order valence-corrected chi connectivity index (χ2v) is 20.0. The number of nitrogen functional groups attached to an aromatic ring is 1. The molecule has 1 saturated heterocycles. The highest BCUT2D eigenvalue weighted by atomic mass is 28.4. The van der Waals surface area contributed by atoms with Crippen LogP contribution in [0.15, 0.2) is 0 Å². The molecule has 24 heavy (non-hydrogen) atoms. The molecule has 4 N–H and O–H groups in total. The molecule has 1 fully saturated rings. The molecule has 9 heteroatoms. The van der Waals surface area contributed by atoms with Crippen molar-refractivity contribution < 1.29 is 0 Å². The number of anilines is 3. The molecule has 1 atom stereocenters. The molecule has 2 heterocycles. The van der Waals surface area contributed by atoms with Gasteiger partial charge in [0.15, 0.2) is 0 Å². The van der Waals surface area contributed by atoms with Crippen LogP contribution < -0.4 is 21.3 Å². The van der Waals surface area contributed by atoms with Gasteiger partial charge in [0.05, 0.1) is 16.1 Å². The Morgan fingerprint density at radius 3 is 2.21 bits per heavy atom. The molecule has 0 bridgehead atoms. The van der Waals surface area contributed by atoms with Crippen molar-refractivity contribution in [2.75, 3.05) is 36.1 Å². The standard InChI is InChI=1S/C15H33N7Si2/c1-17-11-8-9-22(10-11)14-19-12(16)18-13(20-14)21-15(23(2,3)4)24(5,6)7/h11,15,17H,8-10H2,1-7H3,(H3,16,18,19,20,21)/t11-/m1/s1. The van der Waals surface area contributed by atoms with Crippen LogP contribution in [0.25, 0.3) is 0 Å². The van der Waals surface area contributed by atoms with Crippen LogP contribution in [0.4, 0.5) is 17.8 Å². The second kappa shape index (κ2) is 6.97. The van der Waals surface area contributed by atoms with E-state index in [2.05, 4.69) is 69.8 Å². The lowest BCUT2D eigenvalue weighted by Crippen LogP contribution is -2.58. The van der Waals surface area contributed by atoms with Crippen LogP contribution in [0, 0.1) is 0 Å². The fraction of sp³-hybridized carbons (Fsp3) is 0.800. The average Bonchev–Trinajstić information content (AvgIpc) is 2.90. The fourth-order valence-electron chi connectivity index (χ4n) is 3.63. The smallest absolute Gasteiger partial charge is 0.232 e. The van der Waals surface area contributed by atoms with Crippen LogP contribution in [0.2, 0.25) is 39.3 Å². The summed E-state index contributed by atoms with van der Waals surface area (Å²) in [4.78, 5) is 15.6. The summed E-state index contributed by atoms with van der Waals surface area (Å²) in [5.74, 6) is 1.60. The lowest BCUT2D eigenvalue weighted by molar-refractivity contribution is 0.616. The first-order valence-corrected chi connectivity index (χ1v) is 15.9. The maximum absolute atomic E-state index is 5.97. The predicted molar refractivity (Wildman–Crippen MR) is 108 cm³/mol. The third kappa shape index (κ3) is 4.67. The van der Waals surface area contributed by atoms with E-state index in [4.69, 9.17) is 5.73 Å². The lowest BCUT2D eigenvalue weighted by Gasteiger charge is -2.38. The number of likely N-dealkylation sites (N-methyl/N-ethyl adjacent to an activating group) is 1. The Labute approximate surface area is 147 Å². The van der Waals surface area contributed by atoms with E-state index in [-0.39, 0.29) is 0 Å². The molecule has 0 radical (unpaired) electrons. The van der Waals surface area contributed by atoms with E-state index >= 15 is 0 Å². The largest absolute Gasteiger partial charge is 0.368 e. The third-order valence-electron chi connectivity index (χ3n) is 4.53. The maximum Gasteiger partial charge on any atom is 0.232 e. The van der Waals surface area contributed by atoms with Crippen LogP contribution in [0.5, 0.6) is 0 Å². The summed E-state index contributed by atoms with van der Waals surface area (Å²) in [6.07, 6.45) is 1.09. The van der Waals surface area contributed by atoms with E-state index < -0.39 is 16.1 Å². The summed E-state index contributed by atoms with van der Waals surface area (Å²) >= 11 is 0. The minimum absolute atomic E-state index is 0.292. The maximum atomic E-state index is 5.97. The Morgan fingerprint density at radius 2 is 1.71 bits per heavy atom. The zero-order chi connectivity index (χ0) is 18.1. The van der Waals surface area contributed by atoms with Gasteiger partial charge >= 0.3 is 0 Å². The lowest BCUT2D eigenvalue weighted by atomic mass is 10.3. The molecule has 136 valence electrons. The first-order valence-electron chi connectivity index (χ1n) is 8.71. The first-order chi connectivity index (χ1) is 11.0. The SMILES string of the molecule is CN[C@@H]1CCN(c2nc(N)nc(NC([Si](C)(C)C)[Si](C)(C)C)n2)C1. The summed E-state index contributed by atoms with van der Waals surface area (Å²) in [6.45, 7) is 16.2. The number of hydrogen-bond acceptors (Lipinski definition) is 7. The van der Waals surface area contributed by atoms with Crippen LogP contribution in [-0.2, 0) is 0 Å². The molecule has 1 aromatic heterocycles. The van der Waals surface area contributed by atoms with Gasteiger partial charge in [-0.15, -0.1) is 0 Å². The molecule has 2 rings (SSSR count). The normalized spacial score (nSPS) is 19.2. The zero-order valence-electron chi connectivity index (χ0n) is 16.1. The van der Waals surface area contributed by atoms with Gasteiger partial charge in [-0.05, 0) is 13.5 Å². The van der Waals surface area contributed by atoms with E-state index in [1.54, 1.807) is 0 Å². The van der Waals surface area contributed by atoms with Crippen molar-refractivity contribution in [3.63, 3.8) is 0 Å². The molecule has 0 spiro atoms. The van der Waals surface area contributed by atoms with Crippen molar-refractivity contribution in [2.24, 2.45) is 0 Å². The molecular formula is C15H33N7Si2. The zero-order valence-corrected chi connectivity index (χ0v) is 18.1. The van der Waals surface area contributed by atoms with Crippen molar-refractivity contribution in [3.05, 3.63) is 0 Å². The summed E-state index contributed by atoms with van der Waals surface area (Å²) in [6, 6.07) is 0.483. The molecule has 1 aromatic rings. The molecule has 0 saturated carbocycles. The van der Waals surface area contributed by atoms with Crippen molar-refractivity contribution in [1.29, 1.82) is 0 Å². The van der Waals surface area contributed by atoms with E-state index in [1.807, 2.05) is 7.05 Å². The van der Waals surface area contributed by atoms with E-state index in [1.165, 1.54) is 0 Å². The number of nitrogens with zero attached hydrogens (tertiary/aromatic N) is 4. The summed E-state index contributed by atoms with van der Waals surface area (Å²) in [5, 5.41) is 7.42. The van der Waals surface area contributed by atoms with E-state index in [0.29, 0.717) is 29.2 Å². The third-order valence-corrected chi connectivity index (χ3v) is 13.5. The van der Waals surface area contributed by atoms with Gasteiger partial charge in [-0.1, -0.05) is 39.3 Å². The molecule has 1 aliphatic heterocycles. The van der Waals surface area contributed by atoms with E-state index in [0.717, 1.165) is 19.5 Å². The quantitative estimate of drug-likeness (QED) is 0.660. The van der Waals surface area contributed by atoms with Crippen LogP contribution >= 0.6 is 0 Å². The van der Waals surface area contributed by atoms with Gasteiger partial charge in [-0.3, -0.25) is 0 Å². The fourth-order valence-corrected chi connectivity index (χ4v) is 15.1. The van der Waals surface area contributed by atoms with Gasteiger partial charge < -0.3 is 21.3 Å². The topological polar surface area (TPSA) is 92.0 Å². The Morgan fingerprint density at radius 1 is 1.08 bits per heavy atom. The molecule has 1 aliphatic rings. The number of rotatable bonds is 6. The minimum Gasteiger partial charge on any atom is -0.368 e. The van der Waals surface area contributed by atoms with Gasteiger partial charge in [-0.25, -0.2) is 0 Å². The molecule has 0 amide bonds. The van der Waals surface area contributed by atoms with Gasteiger partial charge in [0.2, 0.25) is 17.8 Å². The highest BCUT2D eigenvalue weighted by Gasteiger charge is 2.38. The van der Waals surface area contributed by atoms with Gasteiger partial charge in [0, 0.05) is 24.4 Å². The van der Waals surface area contributed by atoms with Crippen molar-refractivity contribution >= 4 is 34.0 Å². The Hall–Kier alpha value is -1.20. The Kier molecular flexibility index (Phi) is 5.55. The molecular weight excluding hydrogens is 334 g/mol. The average molecular weight is 368 g/mol. The van der Waals surface area contributed by atoms with Gasteiger partial charge in [0.1, 0.15) is 0 Å². The van der Waals surface area contributed by atoms with Crippen molar-refractivity contribution in [1.82, 2.24) is 20.3 Å².